The van der Waals surface area contributed by atoms with Crippen molar-refractivity contribution in [2.24, 2.45) is 0 Å². The van der Waals surface area contributed by atoms with Crippen LogP contribution in [0.4, 0.5) is 0 Å². The van der Waals surface area contributed by atoms with Crippen molar-refractivity contribution in [2.75, 3.05) is 0 Å². The molecule has 3 aromatic carbocycles. The summed E-state index contributed by atoms with van der Waals surface area (Å²) in [7, 11) is 0. The number of hydrogen-bond acceptors (Lipinski definition) is 2. The lowest BCUT2D eigenvalue weighted by atomic mass is 10.0. The Morgan fingerprint density at radius 3 is 2.46 bits per heavy atom. The number of ketones is 1. The normalized spacial score (nSPS) is 11.3. The molecule has 126 valence electrons. The number of fused-ring (bicyclic) bond motifs is 1. The molecule has 26 heavy (non-hydrogen) atoms. The first-order chi connectivity index (χ1) is 12.7. The van der Waals surface area contributed by atoms with Gasteiger partial charge >= 0.3 is 0 Å². The van der Waals surface area contributed by atoms with Crippen LogP contribution >= 0.6 is 15.9 Å². The molecule has 0 aliphatic carbocycles. The van der Waals surface area contributed by atoms with E-state index < -0.39 is 0 Å². The fourth-order valence-corrected chi connectivity index (χ4v) is 3.16. The van der Waals surface area contributed by atoms with Crippen molar-refractivity contribution in [2.45, 2.75) is 0 Å². The zero-order valence-electron chi connectivity index (χ0n) is 13.9. The van der Waals surface area contributed by atoms with Crippen LogP contribution in [0, 0.1) is 0 Å². The number of hydrogen-bond donors (Lipinski definition) is 0. The predicted octanol–water partition coefficient (Wildman–Crippen LogP) is 6.76. The Morgan fingerprint density at radius 2 is 1.62 bits per heavy atom. The van der Waals surface area contributed by atoms with E-state index >= 15 is 0 Å². The van der Waals surface area contributed by atoms with Gasteiger partial charge in [0.05, 0.1) is 0 Å². The third kappa shape index (κ3) is 3.39. The predicted molar refractivity (Wildman–Crippen MR) is 109 cm³/mol. The highest BCUT2D eigenvalue weighted by atomic mass is 79.9. The third-order valence-electron chi connectivity index (χ3n) is 4.21. The molecule has 4 rings (SSSR count). The number of halogens is 1. The average molecular weight is 403 g/mol. The quantitative estimate of drug-likeness (QED) is 0.278. The summed E-state index contributed by atoms with van der Waals surface area (Å²) >= 11 is 3.42. The van der Waals surface area contributed by atoms with Gasteiger partial charge in [-0.15, -0.1) is 0 Å². The lowest BCUT2D eigenvalue weighted by Gasteiger charge is -2.02. The number of allylic oxidation sites excluding steroid dienone is 1. The van der Waals surface area contributed by atoms with E-state index in [9.17, 15) is 4.79 Å². The highest BCUT2D eigenvalue weighted by molar-refractivity contribution is 9.10. The van der Waals surface area contributed by atoms with Crippen LogP contribution in [0.2, 0.25) is 0 Å². The van der Waals surface area contributed by atoms with Crippen LogP contribution in [0.15, 0.2) is 93.8 Å². The molecule has 0 N–H and O–H groups in total. The number of benzene rings is 3. The van der Waals surface area contributed by atoms with Crippen LogP contribution in [0.3, 0.4) is 0 Å². The van der Waals surface area contributed by atoms with E-state index in [1.165, 1.54) is 0 Å². The van der Waals surface area contributed by atoms with Crippen molar-refractivity contribution in [1.82, 2.24) is 0 Å². The van der Waals surface area contributed by atoms with Gasteiger partial charge in [0.1, 0.15) is 11.5 Å². The lowest BCUT2D eigenvalue weighted by Crippen LogP contribution is -1.95. The van der Waals surface area contributed by atoms with Crippen molar-refractivity contribution < 1.29 is 9.21 Å². The maximum atomic E-state index is 12.6. The standard InChI is InChI=1S/C23H15BrO2/c24-18-10-8-17(9-11-18)23-15-13-19(26-23)12-14-22(25)21-7-3-5-16-4-1-2-6-20(16)21/h1-15H. The van der Waals surface area contributed by atoms with E-state index in [0.29, 0.717) is 11.3 Å². The zero-order valence-corrected chi connectivity index (χ0v) is 15.4. The first-order valence-electron chi connectivity index (χ1n) is 8.27. The molecule has 1 heterocycles. The maximum Gasteiger partial charge on any atom is 0.186 e. The largest absolute Gasteiger partial charge is 0.457 e. The molecule has 0 unspecified atom stereocenters. The van der Waals surface area contributed by atoms with Crippen LogP contribution in [-0.2, 0) is 0 Å². The Kier molecular flexibility index (Phi) is 4.55. The van der Waals surface area contributed by atoms with Gasteiger partial charge in [-0.1, -0.05) is 70.5 Å². The van der Waals surface area contributed by atoms with Crippen LogP contribution < -0.4 is 0 Å². The van der Waals surface area contributed by atoms with Gasteiger partial charge in [0.2, 0.25) is 0 Å². The Morgan fingerprint density at radius 1 is 0.846 bits per heavy atom. The summed E-state index contributed by atoms with van der Waals surface area (Å²) in [6.45, 7) is 0. The molecule has 4 aromatic rings. The summed E-state index contributed by atoms with van der Waals surface area (Å²) < 4.78 is 6.85. The second kappa shape index (κ2) is 7.14. The Hall–Kier alpha value is -2.91. The molecular weight excluding hydrogens is 388 g/mol. The van der Waals surface area contributed by atoms with Gasteiger partial charge in [-0.25, -0.2) is 0 Å². The fraction of sp³-hybridized carbons (Fsp3) is 0. The van der Waals surface area contributed by atoms with Crippen LogP contribution in [0.5, 0.6) is 0 Å². The SMILES string of the molecule is O=C(C=Cc1ccc(-c2ccc(Br)cc2)o1)c1cccc2ccccc12. The van der Waals surface area contributed by atoms with E-state index in [1.54, 1.807) is 12.2 Å². The van der Waals surface area contributed by atoms with Gasteiger partial charge in [-0.05, 0) is 47.2 Å². The van der Waals surface area contributed by atoms with E-state index in [-0.39, 0.29) is 5.78 Å². The first kappa shape index (κ1) is 16.6. The van der Waals surface area contributed by atoms with E-state index in [1.807, 2.05) is 78.9 Å². The minimum absolute atomic E-state index is 0.0385. The topological polar surface area (TPSA) is 30.2 Å². The summed E-state index contributed by atoms with van der Waals surface area (Å²) in [5.41, 5.74) is 1.69. The summed E-state index contributed by atoms with van der Waals surface area (Å²) in [6, 6.07) is 25.3. The van der Waals surface area contributed by atoms with Crippen molar-refractivity contribution in [3.8, 4) is 11.3 Å². The zero-order chi connectivity index (χ0) is 17.9. The molecule has 2 nitrogen and oxygen atoms in total. The molecule has 0 aliphatic rings. The van der Waals surface area contributed by atoms with Gasteiger partial charge < -0.3 is 4.42 Å². The minimum Gasteiger partial charge on any atom is -0.457 e. The monoisotopic (exact) mass is 402 g/mol. The van der Waals surface area contributed by atoms with E-state index in [2.05, 4.69) is 15.9 Å². The number of carbonyl (C=O) groups is 1. The maximum absolute atomic E-state index is 12.6. The second-order valence-corrected chi connectivity index (χ2v) is 6.85. The molecule has 0 atom stereocenters. The van der Waals surface area contributed by atoms with E-state index in [4.69, 9.17) is 4.42 Å². The molecule has 0 saturated heterocycles. The molecule has 3 heteroatoms. The third-order valence-corrected chi connectivity index (χ3v) is 4.74. The summed E-state index contributed by atoms with van der Waals surface area (Å²) in [5, 5.41) is 2.02. The molecule has 1 aromatic heterocycles. The fourth-order valence-electron chi connectivity index (χ4n) is 2.90. The number of carbonyl (C=O) groups excluding carboxylic acids is 1. The Balaban J connectivity index is 1.58. The van der Waals surface area contributed by atoms with Crippen molar-refractivity contribution in [1.29, 1.82) is 0 Å². The van der Waals surface area contributed by atoms with Crippen molar-refractivity contribution >= 4 is 38.6 Å². The summed E-state index contributed by atoms with van der Waals surface area (Å²) in [4.78, 5) is 12.6. The summed E-state index contributed by atoms with van der Waals surface area (Å²) in [6.07, 6.45) is 3.28. The highest BCUT2D eigenvalue weighted by Crippen LogP contribution is 2.25. The van der Waals surface area contributed by atoms with Crippen molar-refractivity contribution in [3.63, 3.8) is 0 Å². The molecular formula is C23H15BrO2. The lowest BCUT2D eigenvalue weighted by molar-refractivity contribution is 0.104. The Bertz CT molecular complexity index is 1100. The molecule has 0 radical (unpaired) electrons. The van der Waals surface area contributed by atoms with Crippen LogP contribution in [-0.4, -0.2) is 5.78 Å². The minimum atomic E-state index is -0.0385. The van der Waals surface area contributed by atoms with Gasteiger partial charge in [-0.3, -0.25) is 4.79 Å². The molecule has 0 fully saturated rings. The molecule has 0 spiro atoms. The smallest absolute Gasteiger partial charge is 0.186 e. The Labute approximate surface area is 159 Å². The molecule has 0 aliphatic heterocycles. The first-order valence-corrected chi connectivity index (χ1v) is 9.06. The average Bonchev–Trinajstić information content (AvgIpc) is 3.15. The molecule has 0 amide bonds. The second-order valence-electron chi connectivity index (χ2n) is 5.93. The van der Waals surface area contributed by atoms with Gasteiger partial charge in [0, 0.05) is 15.6 Å². The summed E-state index contributed by atoms with van der Waals surface area (Å²) in [5.74, 6) is 1.38. The van der Waals surface area contributed by atoms with Gasteiger partial charge in [-0.2, -0.15) is 0 Å². The van der Waals surface area contributed by atoms with Gasteiger partial charge in [0.25, 0.3) is 0 Å². The van der Waals surface area contributed by atoms with Crippen molar-refractivity contribution in [3.05, 3.63) is 101 Å². The highest BCUT2D eigenvalue weighted by Gasteiger charge is 2.07. The number of furan rings is 1. The molecule has 0 bridgehead atoms. The van der Waals surface area contributed by atoms with Gasteiger partial charge in [0.15, 0.2) is 5.78 Å². The van der Waals surface area contributed by atoms with Crippen LogP contribution in [0.1, 0.15) is 16.1 Å². The van der Waals surface area contributed by atoms with Crippen LogP contribution in [0.25, 0.3) is 28.2 Å². The number of rotatable bonds is 4. The molecule has 0 saturated carbocycles. The van der Waals surface area contributed by atoms with E-state index in [0.717, 1.165) is 26.6 Å².